The van der Waals surface area contributed by atoms with E-state index in [0.717, 1.165) is 11.3 Å². The molecule has 1 amide bonds. The molecule has 1 rings (SSSR count). The lowest BCUT2D eigenvalue weighted by molar-refractivity contribution is -0.00695. The number of hydrogen-bond acceptors (Lipinski definition) is 4. The van der Waals surface area contributed by atoms with Crippen LogP contribution in [0.2, 0.25) is 0 Å². The van der Waals surface area contributed by atoms with Crippen LogP contribution in [0.25, 0.3) is 0 Å². The van der Waals surface area contributed by atoms with Gasteiger partial charge in [-0.15, -0.1) is 0 Å². The minimum atomic E-state index is -0.687. The Morgan fingerprint density at radius 3 is 2.83 bits per heavy atom. The third-order valence-electron chi connectivity index (χ3n) is 2.43. The number of rotatable bonds is 5. The highest BCUT2D eigenvalue weighted by molar-refractivity contribution is 5.93. The second-order valence-electron chi connectivity index (χ2n) is 4.12. The molecule has 0 aliphatic carbocycles. The van der Waals surface area contributed by atoms with Gasteiger partial charge in [0.1, 0.15) is 12.2 Å². The second-order valence-corrected chi connectivity index (χ2v) is 4.12. The lowest BCUT2D eigenvalue weighted by atomic mass is 10.1. The first-order chi connectivity index (χ1) is 8.45. The van der Waals surface area contributed by atoms with Crippen LogP contribution in [0.5, 0.6) is 0 Å². The molecule has 3 N–H and O–H groups in total. The van der Waals surface area contributed by atoms with Gasteiger partial charge in [-0.3, -0.25) is 14.4 Å². The molecule has 6 nitrogen and oxygen atoms in total. The fourth-order valence-electron chi connectivity index (χ4n) is 1.49. The molecule has 18 heavy (non-hydrogen) atoms. The molecule has 100 valence electrons. The lowest BCUT2D eigenvalue weighted by Crippen LogP contribution is -2.32. The fraction of sp³-hybridized carbons (Fsp3) is 0.500. The molecule has 0 fully saturated rings. The smallest absolute Gasteiger partial charge is 0.280 e. The average Bonchev–Trinajstić information content (AvgIpc) is 2.30. The van der Waals surface area contributed by atoms with Gasteiger partial charge in [-0.25, -0.2) is 5.48 Å². The normalized spacial score (nSPS) is 12.2. The van der Waals surface area contributed by atoms with Crippen molar-refractivity contribution in [2.75, 3.05) is 6.61 Å². The van der Waals surface area contributed by atoms with E-state index in [1.807, 2.05) is 13.8 Å². The Labute approximate surface area is 105 Å². The van der Waals surface area contributed by atoms with Gasteiger partial charge in [0.05, 0.1) is 6.10 Å². The molecule has 0 aliphatic heterocycles. The highest BCUT2D eigenvalue weighted by Gasteiger charge is 2.13. The number of pyridine rings is 1. The maximum atomic E-state index is 11.7. The fourth-order valence-corrected chi connectivity index (χ4v) is 1.49. The highest BCUT2D eigenvalue weighted by Crippen LogP contribution is 2.04. The van der Waals surface area contributed by atoms with Gasteiger partial charge in [-0.2, -0.15) is 0 Å². The predicted molar refractivity (Wildman–Crippen MR) is 66.3 cm³/mol. The van der Waals surface area contributed by atoms with Gasteiger partial charge in [0.2, 0.25) is 0 Å². The topological polar surface area (TPSA) is 91.4 Å². The van der Waals surface area contributed by atoms with E-state index in [0.29, 0.717) is 6.42 Å². The summed E-state index contributed by atoms with van der Waals surface area (Å²) in [5.74, 6) is -0.623. The van der Waals surface area contributed by atoms with E-state index in [-0.39, 0.29) is 12.2 Å². The first-order valence-electron chi connectivity index (χ1n) is 5.78. The minimum Gasteiger partial charge on any atom is -0.391 e. The Kier molecular flexibility index (Phi) is 5.06. The first-order valence-corrected chi connectivity index (χ1v) is 5.78. The number of aromatic amines is 1. The molecule has 0 spiro atoms. The second kappa shape index (κ2) is 6.32. The summed E-state index contributed by atoms with van der Waals surface area (Å²) in [5, 5.41) is 8.96. The summed E-state index contributed by atoms with van der Waals surface area (Å²) in [6.45, 7) is 5.24. The molecule has 0 saturated carbocycles. The zero-order chi connectivity index (χ0) is 13.7. The Morgan fingerprint density at radius 1 is 1.61 bits per heavy atom. The number of carbonyl (C=O) groups excluding carboxylic acids is 1. The zero-order valence-corrected chi connectivity index (χ0v) is 10.7. The number of nitrogens with one attached hydrogen (secondary N) is 2. The zero-order valence-electron chi connectivity index (χ0n) is 10.7. The van der Waals surface area contributed by atoms with E-state index >= 15 is 0 Å². The van der Waals surface area contributed by atoms with Crippen LogP contribution in [0, 0.1) is 6.92 Å². The number of aliphatic hydroxyl groups excluding tert-OH is 1. The lowest BCUT2D eigenvalue weighted by Gasteiger charge is -2.08. The Balaban J connectivity index is 2.80. The van der Waals surface area contributed by atoms with Crippen molar-refractivity contribution in [3.8, 4) is 0 Å². The van der Waals surface area contributed by atoms with Gasteiger partial charge in [0.25, 0.3) is 11.5 Å². The molecule has 0 aromatic carbocycles. The summed E-state index contributed by atoms with van der Waals surface area (Å²) in [6.07, 6.45) is 0.00870. The van der Waals surface area contributed by atoms with E-state index in [2.05, 4.69) is 10.5 Å². The van der Waals surface area contributed by atoms with Crippen molar-refractivity contribution in [2.24, 2.45) is 0 Å². The van der Waals surface area contributed by atoms with E-state index in [4.69, 9.17) is 9.94 Å². The molecule has 1 unspecified atom stereocenters. The highest BCUT2D eigenvalue weighted by atomic mass is 16.7. The summed E-state index contributed by atoms with van der Waals surface area (Å²) in [7, 11) is 0. The van der Waals surface area contributed by atoms with Gasteiger partial charge in [0.15, 0.2) is 0 Å². The quantitative estimate of drug-likeness (QED) is 0.658. The summed E-state index contributed by atoms with van der Waals surface area (Å²) in [4.78, 5) is 30.7. The molecule has 0 saturated heterocycles. The third kappa shape index (κ3) is 3.68. The number of aryl methyl sites for hydroxylation is 2. The molecule has 1 aromatic rings. The number of aliphatic hydroxyl groups is 1. The molecule has 0 aliphatic rings. The molecule has 1 aromatic heterocycles. The van der Waals surface area contributed by atoms with E-state index in [1.165, 1.54) is 13.0 Å². The van der Waals surface area contributed by atoms with E-state index < -0.39 is 17.6 Å². The van der Waals surface area contributed by atoms with Gasteiger partial charge in [-0.1, -0.05) is 6.92 Å². The van der Waals surface area contributed by atoms with Crippen LogP contribution in [0.15, 0.2) is 10.9 Å². The molecule has 0 radical (unpaired) electrons. The Hall–Kier alpha value is -1.66. The molecule has 0 bridgehead atoms. The number of hydroxylamine groups is 1. The molecular weight excluding hydrogens is 236 g/mol. The monoisotopic (exact) mass is 254 g/mol. The van der Waals surface area contributed by atoms with Crippen molar-refractivity contribution in [1.82, 2.24) is 10.5 Å². The maximum absolute atomic E-state index is 11.7. The Bertz CT molecular complexity index is 479. The summed E-state index contributed by atoms with van der Waals surface area (Å²) in [5.41, 5.74) is 3.32. The molecular formula is C12H18N2O4. The summed E-state index contributed by atoms with van der Waals surface area (Å²) < 4.78 is 0. The van der Waals surface area contributed by atoms with Crippen LogP contribution in [0.4, 0.5) is 0 Å². The van der Waals surface area contributed by atoms with E-state index in [9.17, 15) is 9.59 Å². The average molecular weight is 254 g/mol. The van der Waals surface area contributed by atoms with Crippen LogP contribution < -0.4 is 11.0 Å². The number of H-pyrrole nitrogens is 1. The molecule has 1 atom stereocenters. The largest absolute Gasteiger partial charge is 0.391 e. The minimum absolute atomic E-state index is 0.00436. The van der Waals surface area contributed by atoms with Gasteiger partial charge < -0.3 is 10.1 Å². The van der Waals surface area contributed by atoms with Crippen LogP contribution >= 0.6 is 0 Å². The van der Waals surface area contributed by atoms with Crippen molar-refractivity contribution in [3.05, 3.63) is 33.2 Å². The number of hydrogen-bond donors (Lipinski definition) is 3. The number of amides is 1. The predicted octanol–water partition coefficient (Wildman–Crippen LogP) is 0.288. The number of aromatic nitrogens is 1. The van der Waals surface area contributed by atoms with Crippen molar-refractivity contribution >= 4 is 5.91 Å². The van der Waals surface area contributed by atoms with Gasteiger partial charge >= 0.3 is 0 Å². The van der Waals surface area contributed by atoms with E-state index in [1.54, 1.807) is 0 Å². The SMILES string of the molecule is CCc1[nH]c(=O)c(C(=O)NOCC(C)O)cc1C. The van der Waals surface area contributed by atoms with Gasteiger partial charge in [-0.05, 0) is 31.9 Å². The van der Waals surface area contributed by atoms with Gasteiger partial charge in [0, 0.05) is 5.69 Å². The van der Waals surface area contributed by atoms with Crippen LogP contribution in [0.3, 0.4) is 0 Å². The van der Waals surface area contributed by atoms with Crippen molar-refractivity contribution in [2.45, 2.75) is 33.3 Å². The Morgan fingerprint density at radius 2 is 2.28 bits per heavy atom. The maximum Gasteiger partial charge on any atom is 0.280 e. The van der Waals surface area contributed by atoms with Crippen LogP contribution in [0.1, 0.15) is 35.5 Å². The standard InChI is InChI=1S/C12H18N2O4/c1-4-10-7(2)5-9(11(16)13-10)12(17)14-18-6-8(3)15/h5,8,15H,4,6H2,1-3H3,(H,13,16)(H,14,17). The molecule has 1 heterocycles. The van der Waals surface area contributed by atoms with Crippen LogP contribution in [-0.4, -0.2) is 28.7 Å². The van der Waals surface area contributed by atoms with Crippen molar-refractivity contribution < 1.29 is 14.7 Å². The molecule has 6 heteroatoms. The van der Waals surface area contributed by atoms with Crippen molar-refractivity contribution in [1.29, 1.82) is 0 Å². The number of carbonyl (C=O) groups is 1. The first kappa shape index (κ1) is 14.4. The summed E-state index contributed by atoms with van der Waals surface area (Å²) >= 11 is 0. The van der Waals surface area contributed by atoms with Crippen molar-refractivity contribution in [3.63, 3.8) is 0 Å². The van der Waals surface area contributed by atoms with Crippen LogP contribution in [-0.2, 0) is 11.3 Å². The summed E-state index contributed by atoms with van der Waals surface area (Å²) in [6, 6.07) is 1.53. The third-order valence-corrected chi connectivity index (χ3v) is 2.43.